The third-order valence-corrected chi connectivity index (χ3v) is 3.35. The molecular formula is C11H18N2O3. The molecule has 2 amide bonds. The quantitative estimate of drug-likeness (QED) is 0.760. The van der Waals surface area contributed by atoms with Crippen LogP contribution in [0.1, 0.15) is 32.6 Å². The molecule has 2 heterocycles. The van der Waals surface area contributed by atoms with Crippen LogP contribution in [0.4, 0.5) is 4.79 Å². The third-order valence-electron chi connectivity index (χ3n) is 3.35. The number of cyclic esters (lactones) is 1. The Kier molecular flexibility index (Phi) is 3.31. The van der Waals surface area contributed by atoms with Gasteiger partial charge in [0.2, 0.25) is 5.91 Å². The summed E-state index contributed by atoms with van der Waals surface area (Å²) in [5.74, 6) is 0.0115. The first-order valence-electron chi connectivity index (χ1n) is 5.96. The second kappa shape index (κ2) is 4.72. The highest BCUT2D eigenvalue weighted by atomic mass is 16.6. The molecule has 90 valence electrons. The summed E-state index contributed by atoms with van der Waals surface area (Å²) in [4.78, 5) is 24.9. The molecule has 0 aromatic carbocycles. The van der Waals surface area contributed by atoms with Gasteiger partial charge in [0.05, 0.1) is 0 Å². The summed E-state index contributed by atoms with van der Waals surface area (Å²) in [5, 5.41) is 2.54. The van der Waals surface area contributed by atoms with Gasteiger partial charge in [0.15, 0.2) is 0 Å². The molecule has 1 N–H and O–H groups in total. The average Bonchev–Trinajstić information content (AvgIpc) is 2.75. The van der Waals surface area contributed by atoms with Crippen molar-refractivity contribution in [2.24, 2.45) is 0 Å². The number of carbonyl (C=O) groups is 2. The second-order valence-corrected chi connectivity index (χ2v) is 4.38. The van der Waals surface area contributed by atoms with E-state index < -0.39 is 12.1 Å². The molecular weight excluding hydrogens is 208 g/mol. The van der Waals surface area contributed by atoms with Gasteiger partial charge >= 0.3 is 6.09 Å². The van der Waals surface area contributed by atoms with E-state index in [0.29, 0.717) is 6.04 Å². The monoisotopic (exact) mass is 226 g/mol. The summed E-state index contributed by atoms with van der Waals surface area (Å²) >= 11 is 0. The van der Waals surface area contributed by atoms with E-state index in [9.17, 15) is 9.59 Å². The van der Waals surface area contributed by atoms with E-state index in [1.165, 1.54) is 6.42 Å². The molecule has 2 fully saturated rings. The lowest BCUT2D eigenvalue weighted by Crippen LogP contribution is -2.51. The van der Waals surface area contributed by atoms with E-state index in [1.807, 2.05) is 4.90 Å². The Bertz CT molecular complexity index is 293. The maximum Gasteiger partial charge on any atom is 0.407 e. The predicted octanol–water partition coefficient (Wildman–Crippen LogP) is 0.886. The molecule has 0 bridgehead atoms. The smallest absolute Gasteiger partial charge is 0.407 e. The SMILES string of the molecule is CCC1CCCCN1C(=O)C1COC(=O)N1. The first-order chi connectivity index (χ1) is 7.72. The van der Waals surface area contributed by atoms with Crippen LogP contribution in [0.5, 0.6) is 0 Å². The van der Waals surface area contributed by atoms with Crippen LogP contribution in [0.15, 0.2) is 0 Å². The highest BCUT2D eigenvalue weighted by Gasteiger charge is 2.35. The summed E-state index contributed by atoms with van der Waals surface area (Å²) in [6.07, 6.45) is 3.82. The molecule has 2 rings (SSSR count). The van der Waals surface area contributed by atoms with E-state index in [2.05, 4.69) is 12.2 Å². The minimum Gasteiger partial charge on any atom is -0.447 e. The van der Waals surface area contributed by atoms with Crippen LogP contribution in [0, 0.1) is 0 Å². The molecule has 2 unspecified atom stereocenters. The molecule has 2 saturated heterocycles. The number of nitrogens with one attached hydrogen (secondary N) is 1. The zero-order valence-electron chi connectivity index (χ0n) is 9.57. The molecule has 2 aliphatic rings. The first kappa shape index (κ1) is 11.2. The largest absolute Gasteiger partial charge is 0.447 e. The minimum absolute atomic E-state index is 0.0115. The Morgan fingerprint density at radius 1 is 1.56 bits per heavy atom. The lowest BCUT2D eigenvalue weighted by atomic mass is 9.99. The minimum atomic E-state index is -0.483. The van der Waals surface area contributed by atoms with E-state index in [-0.39, 0.29) is 12.5 Å². The molecule has 2 atom stereocenters. The lowest BCUT2D eigenvalue weighted by Gasteiger charge is -2.36. The zero-order chi connectivity index (χ0) is 11.5. The Morgan fingerprint density at radius 2 is 2.38 bits per heavy atom. The number of amides is 2. The van der Waals surface area contributed by atoms with Gasteiger partial charge in [-0.25, -0.2) is 4.79 Å². The molecule has 0 spiro atoms. The van der Waals surface area contributed by atoms with Crippen molar-refractivity contribution in [1.82, 2.24) is 10.2 Å². The number of rotatable bonds is 2. The van der Waals surface area contributed by atoms with Crippen molar-refractivity contribution < 1.29 is 14.3 Å². The van der Waals surface area contributed by atoms with Crippen LogP contribution in [0.3, 0.4) is 0 Å². The van der Waals surface area contributed by atoms with Crippen molar-refractivity contribution in [1.29, 1.82) is 0 Å². The number of carbonyl (C=O) groups excluding carboxylic acids is 2. The number of hydrogen-bond acceptors (Lipinski definition) is 3. The van der Waals surface area contributed by atoms with Crippen molar-refractivity contribution >= 4 is 12.0 Å². The topological polar surface area (TPSA) is 58.6 Å². The van der Waals surface area contributed by atoms with Crippen molar-refractivity contribution in [2.75, 3.05) is 13.2 Å². The van der Waals surface area contributed by atoms with Gasteiger partial charge < -0.3 is 15.0 Å². The van der Waals surface area contributed by atoms with Gasteiger partial charge in [-0.2, -0.15) is 0 Å². The lowest BCUT2D eigenvalue weighted by molar-refractivity contribution is -0.136. The summed E-state index contributed by atoms with van der Waals surface area (Å²) in [6, 6.07) is -0.140. The van der Waals surface area contributed by atoms with Crippen LogP contribution in [-0.4, -0.2) is 42.1 Å². The fraction of sp³-hybridized carbons (Fsp3) is 0.818. The normalized spacial score (nSPS) is 29.8. The number of likely N-dealkylation sites (tertiary alicyclic amines) is 1. The Hall–Kier alpha value is -1.26. The molecule has 16 heavy (non-hydrogen) atoms. The fourth-order valence-corrected chi connectivity index (χ4v) is 2.43. The molecule has 2 aliphatic heterocycles. The molecule has 0 radical (unpaired) electrons. The molecule has 5 nitrogen and oxygen atoms in total. The van der Waals surface area contributed by atoms with Gasteiger partial charge in [-0.05, 0) is 25.7 Å². The highest BCUT2D eigenvalue weighted by Crippen LogP contribution is 2.20. The number of hydrogen-bond donors (Lipinski definition) is 1. The van der Waals surface area contributed by atoms with Crippen LogP contribution < -0.4 is 5.32 Å². The summed E-state index contributed by atoms with van der Waals surface area (Å²) in [6.45, 7) is 3.08. The summed E-state index contributed by atoms with van der Waals surface area (Å²) in [5.41, 5.74) is 0. The average molecular weight is 226 g/mol. The Labute approximate surface area is 95.1 Å². The van der Waals surface area contributed by atoms with Gasteiger partial charge in [0, 0.05) is 12.6 Å². The molecule has 0 aliphatic carbocycles. The van der Waals surface area contributed by atoms with Gasteiger partial charge in [-0.15, -0.1) is 0 Å². The van der Waals surface area contributed by atoms with Crippen molar-refractivity contribution in [2.45, 2.75) is 44.7 Å². The highest BCUT2D eigenvalue weighted by molar-refractivity contribution is 5.88. The van der Waals surface area contributed by atoms with E-state index in [4.69, 9.17) is 4.74 Å². The van der Waals surface area contributed by atoms with Crippen molar-refractivity contribution in [3.8, 4) is 0 Å². The Balaban J connectivity index is 1.99. The van der Waals surface area contributed by atoms with Crippen molar-refractivity contribution in [3.05, 3.63) is 0 Å². The van der Waals surface area contributed by atoms with Crippen LogP contribution in [-0.2, 0) is 9.53 Å². The van der Waals surface area contributed by atoms with Crippen LogP contribution in [0.2, 0.25) is 0 Å². The van der Waals surface area contributed by atoms with Crippen molar-refractivity contribution in [3.63, 3.8) is 0 Å². The third kappa shape index (κ3) is 2.13. The standard InChI is InChI=1S/C11H18N2O3/c1-2-8-5-3-4-6-13(8)10(14)9-7-16-11(15)12-9/h8-9H,2-7H2,1H3,(H,12,15). The first-order valence-corrected chi connectivity index (χ1v) is 5.96. The maximum absolute atomic E-state index is 12.1. The molecule has 0 aromatic heterocycles. The van der Waals surface area contributed by atoms with E-state index in [1.54, 1.807) is 0 Å². The fourth-order valence-electron chi connectivity index (χ4n) is 2.43. The molecule has 5 heteroatoms. The number of alkyl carbamates (subject to hydrolysis) is 1. The van der Waals surface area contributed by atoms with Gasteiger partial charge in [-0.1, -0.05) is 6.92 Å². The predicted molar refractivity (Wildman–Crippen MR) is 57.9 cm³/mol. The van der Waals surface area contributed by atoms with Gasteiger partial charge in [-0.3, -0.25) is 4.79 Å². The number of piperidine rings is 1. The van der Waals surface area contributed by atoms with Gasteiger partial charge in [0.25, 0.3) is 0 Å². The van der Waals surface area contributed by atoms with Gasteiger partial charge in [0.1, 0.15) is 12.6 Å². The zero-order valence-corrected chi connectivity index (χ0v) is 9.57. The molecule has 0 saturated carbocycles. The number of nitrogens with zero attached hydrogens (tertiary/aromatic N) is 1. The summed E-state index contributed by atoms with van der Waals surface area (Å²) < 4.78 is 4.75. The summed E-state index contributed by atoms with van der Waals surface area (Å²) in [7, 11) is 0. The van der Waals surface area contributed by atoms with E-state index >= 15 is 0 Å². The maximum atomic E-state index is 12.1. The Morgan fingerprint density at radius 3 is 3.00 bits per heavy atom. The van der Waals surface area contributed by atoms with Crippen LogP contribution >= 0.6 is 0 Å². The van der Waals surface area contributed by atoms with Crippen LogP contribution in [0.25, 0.3) is 0 Å². The molecule has 0 aromatic rings. The number of ether oxygens (including phenoxy) is 1. The van der Waals surface area contributed by atoms with E-state index in [0.717, 1.165) is 25.8 Å². The second-order valence-electron chi connectivity index (χ2n) is 4.38.